The second kappa shape index (κ2) is 7.76. The van der Waals surface area contributed by atoms with E-state index >= 15 is 0 Å². The van der Waals surface area contributed by atoms with E-state index in [4.69, 9.17) is 23.2 Å². The highest BCUT2D eigenvalue weighted by atomic mass is 35.5. The molecule has 2 nitrogen and oxygen atoms in total. The molecule has 0 unspecified atom stereocenters. The number of Topliss-reactive ketones (excluding diaryl/α,β-unsaturated/α-hetero) is 1. The lowest BCUT2D eigenvalue weighted by Crippen LogP contribution is -2.53. The first-order valence-electron chi connectivity index (χ1n) is 9.25. The van der Waals surface area contributed by atoms with E-state index in [-0.39, 0.29) is 17.6 Å². The first-order chi connectivity index (χ1) is 11.5. The summed E-state index contributed by atoms with van der Waals surface area (Å²) >= 11 is 12.3. The number of carbonyl (C=O) groups excluding carboxylic acids is 1. The van der Waals surface area contributed by atoms with Crippen molar-refractivity contribution in [3.8, 4) is 0 Å². The third kappa shape index (κ3) is 3.52. The van der Waals surface area contributed by atoms with Gasteiger partial charge in [0.25, 0.3) is 0 Å². The van der Waals surface area contributed by atoms with Crippen LogP contribution in [0.2, 0.25) is 10.0 Å². The molecule has 1 aromatic carbocycles. The molecule has 0 saturated heterocycles. The Labute approximate surface area is 154 Å². The fourth-order valence-corrected chi connectivity index (χ4v) is 5.17. The van der Waals surface area contributed by atoms with E-state index in [1.165, 1.54) is 12.8 Å². The molecule has 0 aliphatic heterocycles. The average Bonchev–Trinajstić information content (AvgIpc) is 2.62. The summed E-state index contributed by atoms with van der Waals surface area (Å²) < 4.78 is 0. The normalized spacial score (nSPS) is 21.0. The van der Waals surface area contributed by atoms with Gasteiger partial charge in [0.05, 0.1) is 5.02 Å². The summed E-state index contributed by atoms with van der Waals surface area (Å²) in [6, 6.07) is 4.95. The van der Waals surface area contributed by atoms with Gasteiger partial charge in [0, 0.05) is 10.6 Å². The first-order valence-corrected chi connectivity index (χ1v) is 10.0. The van der Waals surface area contributed by atoms with Crippen LogP contribution in [0.4, 0.5) is 0 Å². The monoisotopic (exact) mass is 368 g/mol. The number of rotatable bonds is 4. The van der Waals surface area contributed by atoms with Crippen LogP contribution in [0, 0.1) is 11.8 Å². The van der Waals surface area contributed by atoms with Gasteiger partial charge in [-0.1, -0.05) is 61.7 Å². The summed E-state index contributed by atoms with van der Waals surface area (Å²) in [5.41, 5.74) is -0.863. The fraction of sp³-hybridized carbons (Fsp3) is 0.650. The van der Waals surface area contributed by atoms with E-state index in [1.54, 1.807) is 18.2 Å². The van der Waals surface area contributed by atoms with Crippen LogP contribution in [0.1, 0.15) is 74.6 Å². The fourth-order valence-electron chi connectivity index (χ4n) is 4.68. The molecule has 0 radical (unpaired) electrons. The van der Waals surface area contributed by atoms with Gasteiger partial charge in [-0.2, -0.15) is 0 Å². The van der Waals surface area contributed by atoms with Crippen molar-refractivity contribution >= 4 is 29.0 Å². The minimum Gasteiger partial charge on any atom is -0.381 e. The number of hydrogen-bond acceptors (Lipinski definition) is 2. The molecule has 1 N–H and O–H groups in total. The molecule has 24 heavy (non-hydrogen) atoms. The van der Waals surface area contributed by atoms with Crippen LogP contribution in [-0.2, 0) is 0 Å². The highest BCUT2D eigenvalue weighted by molar-refractivity contribution is 6.37. The maximum absolute atomic E-state index is 13.4. The Morgan fingerprint density at radius 2 is 1.42 bits per heavy atom. The summed E-state index contributed by atoms with van der Waals surface area (Å²) in [5.74, 6) is -0.0924. The van der Waals surface area contributed by atoms with Crippen LogP contribution in [0.5, 0.6) is 0 Å². The minimum absolute atomic E-state index is 0.0496. The molecule has 2 aliphatic carbocycles. The average molecular weight is 369 g/mol. The maximum atomic E-state index is 13.4. The van der Waals surface area contributed by atoms with Gasteiger partial charge in [-0.15, -0.1) is 0 Å². The van der Waals surface area contributed by atoms with Crippen molar-refractivity contribution in [3.63, 3.8) is 0 Å². The predicted octanol–water partition coefficient (Wildman–Crippen LogP) is 6.07. The Morgan fingerprint density at radius 3 is 1.88 bits per heavy atom. The van der Waals surface area contributed by atoms with Gasteiger partial charge >= 0.3 is 0 Å². The molecular formula is C20H26Cl2O2. The number of halogens is 2. The molecule has 0 heterocycles. The van der Waals surface area contributed by atoms with Crippen molar-refractivity contribution < 1.29 is 9.90 Å². The number of carbonyl (C=O) groups is 1. The summed E-state index contributed by atoms with van der Waals surface area (Å²) in [4.78, 5) is 13.4. The molecule has 2 saturated carbocycles. The van der Waals surface area contributed by atoms with Gasteiger partial charge in [0.1, 0.15) is 5.60 Å². The van der Waals surface area contributed by atoms with Crippen molar-refractivity contribution in [1.29, 1.82) is 0 Å². The zero-order valence-corrected chi connectivity index (χ0v) is 15.6. The molecule has 0 aromatic heterocycles. The summed E-state index contributed by atoms with van der Waals surface area (Å²) in [5, 5.41) is 12.6. The summed E-state index contributed by atoms with van der Waals surface area (Å²) in [7, 11) is 0. The Hall–Kier alpha value is -0.570. The van der Waals surface area contributed by atoms with E-state index in [9.17, 15) is 9.90 Å². The van der Waals surface area contributed by atoms with Crippen LogP contribution in [-0.4, -0.2) is 16.5 Å². The number of benzene rings is 1. The zero-order valence-electron chi connectivity index (χ0n) is 14.1. The van der Waals surface area contributed by atoms with Crippen molar-refractivity contribution in [2.24, 2.45) is 11.8 Å². The van der Waals surface area contributed by atoms with Gasteiger partial charge < -0.3 is 5.11 Å². The standard InChI is InChI=1S/C20H26Cl2O2/c21-16-11-12-17(18(22)13-16)19(23)20(24,14-7-3-1-4-8-14)15-9-5-2-6-10-15/h11-15,24H,1-10H2. The minimum atomic E-state index is -1.28. The maximum Gasteiger partial charge on any atom is 0.196 e. The lowest BCUT2D eigenvalue weighted by Gasteiger charge is -2.44. The molecule has 0 bridgehead atoms. The summed E-state index contributed by atoms with van der Waals surface area (Å²) in [6.07, 6.45) is 10.5. The van der Waals surface area contributed by atoms with Crippen LogP contribution >= 0.6 is 23.2 Å². The summed E-state index contributed by atoms with van der Waals surface area (Å²) in [6.45, 7) is 0. The topological polar surface area (TPSA) is 37.3 Å². The van der Waals surface area contributed by atoms with E-state index in [0.29, 0.717) is 15.6 Å². The number of ketones is 1. The number of hydrogen-bond donors (Lipinski definition) is 1. The van der Waals surface area contributed by atoms with Gasteiger partial charge in [-0.05, 0) is 55.7 Å². The first kappa shape index (κ1) is 18.2. The molecule has 4 heteroatoms. The van der Waals surface area contributed by atoms with Crippen molar-refractivity contribution in [1.82, 2.24) is 0 Å². The van der Waals surface area contributed by atoms with E-state index in [2.05, 4.69) is 0 Å². The Morgan fingerprint density at radius 1 is 0.917 bits per heavy atom. The SMILES string of the molecule is O=C(c1ccc(Cl)cc1Cl)C(O)(C1CCCCC1)C1CCCCC1. The van der Waals surface area contributed by atoms with Crippen LogP contribution in [0.3, 0.4) is 0 Å². The molecule has 132 valence electrons. The van der Waals surface area contributed by atoms with Crippen molar-refractivity contribution in [3.05, 3.63) is 33.8 Å². The third-order valence-corrected chi connectivity index (χ3v) is 6.54. The highest BCUT2D eigenvalue weighted by Crippen LogP contribution is 2.45. The molecular weight excluding hydrogens is 343 g/mol. The van der Waals surface area contributed by atoms with Crippen LogP contribution in [0.25, 0.3) is 0 Å². The Balaban J connectivity index is 1.97. The molecule has 3 rings (SSSR count). The highest BCUT2D eigenvalue weighted by Gasteiger charge is 2.50. The lowest BCUT2D eigenvalue weighted by atomic mass is 9.63. The molecule has 1 aromatic rings. The third-order valence-electron chi connectivity index (χ3n) is 5.99. The molecule has 2 aliphatic rings. The van der Waals surface area contributed by atoms with Gasteiger partial charge in [-0.3, -0.25) is 4.79 Å². The Bertz CT molecular complexity index is 569. The van der Waals surface area contributed by atoms with Gasteiger partial charge in [0.2, 0.25) is 0 Å². The lowest BCUT2D eigenvalue weighted by molar-refractivity contribution is -0.0624. The van der Waals surface area contributed by atoms with E-state index in [1.807, 2.05) is 0 Å². The second-order valence-corrected chi connectivity index (χ2v) is 8.29. The smallest absolute Gasteiger partial charge is 0.196 e. The van der Waals surface area contributed by atoms with Crippen molar-refractivity contribution in [2.45, 2.75) is 69.8 Å². The van der Waals surface area contributed by atoms with Crippen LogP contribution < -0.4 is 0 Å². The molecule has 0 atom stereocenters. The largest absolute Gasteiger partial charge is 0.381 e. The zero-order chi connectivity index (χ0) is 17.2. The second-order valence-electron chi connectivity index (χ2n) is 7.45. The quantitative estimate of drug-likeness (QED) is 0.654. The molecule has 2 fully saturated rings. The molecule has 0 amide bonds. The van der Waals surface area contributed by atoms with Gasteiger partial charge in [-0.25, -0.2) is 0 Å². The van der Waals surface area contributed by atoms with E-state index in [0.717, 1.165) is 51.4 Å². The molecule has 0 spiro atoms. The van der Waals surface area contributed by atoms with Crippen LogP contribution in [0.15, 0.2) is 18.2 Å². The predicted molar refractivity (Wildman–Crippen MR) is 98.9 cm³/mol. The van der Waals surface area contributed by atoms with Gasteiger partial charge in [0.15, 0.2) is 5.78 Å². The Kier molecular flexibility index (Phi) is 5.89. The number of aliphatic hydroxyl groups is 1. The van der Waals surface area contributed by atoms with Crippen molar-refractivity contribution in [2.75, 3.05) is 0 Å². The van der Waals surface area contributed by atoms with E-state index < -0.39 is 5.60 Å².